The molecule has 1 aliphatic rings. The number of pyridine rings is 1. The number of carbonyl (C=O) groups is 2. The number of halogens is 1. The normalized spacial score (nSPS) is 13.1. The molecule has 9 heteroatoms. The largest absolute Gasteiger partial charge is 0.451 e. The van der Waals surface area contributed by atoms with E-state index in [4.69, 9.17) is 4.42 Å². The quantitative estimate of drug-likeness (QED) is 0.709. The minimum atomic E-state index is -0.484. The lowest BCUT2D eigenvalue weighted by Crippen LogP contribution is -2.41. The van der Waals surface area contributed by atoms with Gasteiger partial charge in [0, 0.05) is 31.5 Å². The molecule has 0 saturated carbocycles. The third kappa shape index (κ3) is 3.49. The summed E-state index contributed by atoms with van der Waals surface area (Å²) in [4.78, 5) is 44.0. The number of hydrogen-bond donors (Lipinski definition) is 1. The molecule has 1 N–H and O–H groups in total. The first-order valence-corrected chi connectivity index (χ1v) is 9.48. The Labute approximate surface area is 170 Å². The molecule has 3 heterocycles. The number of amides is 2. The second kappa shape index (κ2) is 7.94. The summed E-state index contributed by atoms with van der Waals surface area (Å²) in [5.41, 5.74) is 1.47. The molecule has 4 rings (SSSR count). The predicted molar refractivity (Wildman–Crippen MR) is 105 cm³/mol. The Bertz CT molecular complexity index is 1150. The number of benzene rings is 1. The Kier molecular flexibility index (Phi) is 5.18. The summed E-state index contributed by atoms with van der Waals surface area (Å²) in [7, 11) is 0. The highest BCUT2D eigenvalue weighted by atomic mass is 19.1. The van der Waals surface area contributed by atoms with Gasteiger partial charge in [-0.1, -0.05) is 0 Å². The van der Waals surface area contributed by atoms with Gasteiger partial charge in [-0.3, -0.25) is 19.0 Å². The summed E-state index contributed by atoms with van der Waals surface area (Å²) < 4.78 is 19.6. The van der Waals surface area contributed by atoms with Gasteiger partial charge >= 0.3 is 0 Å². The number of oxazole rings is 1. The summed E-state index contributed by atoms with van der Waals surface area (Å²) in [6.45, 7) is 2.68. The van der Waals surface area contributed by atoms with Gasteiger partial charge in [-0.15, -0.1) is 0 Å². The molecule has 1 aromatic carbocycles. The fraction of sp³-hybridized carbons (Fsp3) is 0.238. The van der Waals surface area contributed by atoms with Crippen molar-refractivity contribution in [2.45, 2.75) is 19.9 Å². The molecule has 0 aliphatic carbocycles. The third-order valence-electron chi connectivity index (χ3n) is 5.01. The van der Waals surface area contributed by atoms with Crippen molar-refractivity contribution in [3.63, 3.8) is 0 Å². The summed E-state index contributed by atoms with van der Waals surface area (Å²) >= 11 is 0. The van der Waals surface area contributed by atoms with Crippen LogP contribution >= 0.6 is 0 Å². The molecule has 2 amide bonds. The predicted octanol–water partition coefficient (Wildman–Crippen LogP) is 1.91. The molecule has 0 atom stereocenters. The van der Waals surface area contributed by atoms with Crippen LogP contribution in [-0.2, 0) is 13.0 Å². The number of aromatic nitrogens is 2. The van der Waals surface area contributed by atoms with Crippen LogP contribution in [0.1, 0.15) is 38.9 Å². The molecule has 0 unspecified atom stereocenters. The maximum atomic E-state index is 13.3. The molecular weight excluding hydrogens is 391 g/mol. The lowest BCUT2D eigenvalue weighted by Gasteiger charge is -2.30. The zero-order chi connectivity index (χ0) is 21.3. The van der Waals surface area contributed by atoms with Crippen molar-refractivity contribution in [2.75, 3.05) is 13.1 Å². The first kappa shape index (κ1) is 19.6. The van der Waals surface area contributed by atoms with Gasteiger partial charge in [0.2, 0.25) is 0 Å². The highest BCUT2D eigenvalue weighted by molar-refractivity contribution is 5.96. The van der Waals surface area contributed by atoms with E-state index in [0.717, 1.165) is 0 Å². The smallest absolute Gasteiger partial charge is 0.276 e. The molecule has 8 nitrogen and oxygen atoms in total. The molecule has 30 heavy (non-hydrogen) atoms. The highest BCUT2D eigenvalue weighted by Gasteiger charge is 2.29. The van der Waals surface area contributed by atoms with E-state index >= 15 is 0 Å². The summed E-state index contributed by atoms with van der Waals surface area (Å²) in [5, 5.41) is 2.68. The lowest BCUT2D eigenvalue weighted by atomic mass is 9.95. The molecule has 0 spiro atoms. The maximum Gasteiger partial charge on any atom is 0.276 e. The van der Waals surface area contributed by atoms with E-state index in [1.807, 2.05) is 0 Å². The first-order chi connectivity index (χ1) is 14.5. The number of hydrogen-bond acceptors (Lipinski definition) is 5. The number of rotatable bonds is 4. The molecule has 0 fully saturated rings. The van der Waals surface area contributed by atoms with Crippen LogP contribution in [0.5, 0.6) is 0 Å². The van der Waals surface area contributed by atoms with Crippen molar-refractivity contribution in [3.05, 3.63) is 81.7 Å². The van der Waals surface area contributed by atoms with Crippen LogP contribution in [0, 0.1) is 5.82 Å². The van der Waals surface area contributed by atoms with Gasteiger partial charge in [-0.05, 0) is 48.7 Å². The van der Waals surface area contributed by atoms with E-state index in [1.54, 1.807) is 18.0 Å². The Morgan fingerprint density at radius 2 is 2.03 bits per heavy atom. The minimum absolute atomic E-state index is 0.0483. The second-order valence-corrected chi connectivity index (χ2v) is 6.87. The van der Waals surface area contributed by atoms with Crippen LogP contribution in [0.25, 0.3) is 5.69 Å². The number of carbonyl (C=O) groups excluding carboxylic acids is 2. The Hall–Kier alpha value is -3.75. The molecule has 0 bridgehead atoms. The van der Waals surface area contributed by atoms with Crippen molar-refractivity contribution < 1.29 is 18.4 Å². The molecule has 3 aromatic rings. The van der Waals surface area contributed by atoms with Crippen LogP contribution < -0.4 is 10.9 Å². The van der Waals surface area contributed by atoms with Gasteiger partial charge in [0.1, 0.15) is 17.6 Å². The molecule has 154 valence electrons. The van der Waals surface area contributed by atoms with E-state index in [1.165, 1.54) is 41.5 Å². The zero-order valence-electron chi connectivity index (χ0n) is 16.2. The van der Waals surface area contributed by atoms with Gasteiger partial charge < -0.3 is 14.6 Å². The van der Waals surface area contributed by atoms with Crippen molar-refractivity contribution in [3.8, 4) is 5.69 Å². The van der Waals surface area contributed by atoms with Crippen LogP contribution in [0.15, 0.2) is 52.3 Å². The highest BCUT2D eigenvalue weighted by Crippen LogP contribution is 2.23. The summed E-state index contributed by atoms with van der Waals surface area (Å²) in [6, 6.07) is 5.42. The second-order valence-electron chi connectivity index (χ2n) is 6.87. The topological polar surface area (TPSA) is 97.4 Å². The molecular formula is C21H19FN4O4. The van der Waals surface area contributed by atoms with E-state index < -0.39 is 17.3 Å². The monoisotopic (exact) mass is 410 g/mol. The van der Waals surface area contributed by atoms with Crippen molar-refractivity contribution >= 4 is 11.8 Å². The van der Waals surface area contributed by atoms with Crippen LogP contribution in [0.3, 0.4) is 0 Å². The average molecular weight is 410 g/mol. The number of nitrogens with one attached hydrogen (secondary N) is 1. The van der Waals surface area contributed by atoms with Crippen LogP contribution in [-0.4, -0.2) is 39.4 Å². The lowest BCUT2D eigenvalue weighted by molar-refractivity contribution is 0.0728. The Balaban J connectivity index is 1.81. The van der Waals surface area contributed by atoms with Crippen LogP contribution in [0.4, 0.5) is 4.39 Å². The Morgan fingerprint density at radius 3 is 2.70 bits per heavy atom. The Morgan fingerprint density at radius 1 is 1.27 bits per heavy atom. The standard InChI is InChI=1S/C21H19FN4O4/c1-2-23-19(27)18-16-7-8-25(20(28)17-11-30-12-24-17)9-13(16)10-26(21(18)29)15-5-3-14(22)4-6-15/h3-6,10-12H,2,7-9H2,1H3,(H,23,27). The molecule has 0 saturated heterocycles. The first-order valence-electron chi connectivity index (χ1n) is 9.48. The van der Waals surface area contributed by atoms with Gasteiger partial charge in [-0.2, -0.15) is 0 Å². The average Bonchev–Trinajstić information content (AvgIpc) is 3.28. The van der Waals surface area contributed by atoms with E-state index in [2.05, 4.69) is 10.3 Å². The van der Waals surface area contributed by atoms with E-state index in [-0.39, 0.29) is 23.7 Å². The van der Waals surface area contributed by atoms with Gasteiger partial charge in [-0.25, -0.2) is 9.37 Å². The van der Waals surface area contributed by atoms with Crippen molar-refractivity contribution in [2.24, 2.45) is 0 Å². The van der Waals surface area contributed by atoms with Crippen molar-refractivity contribution in [1.29, 1.82) is 0 Å². The fourth-order valence-corrected chi connectivity index (χ4v) is 3.59. The van der Waals surface area contributed by atoms with Gasteiger partial charge in [0.25, 0.3) is 17.4 Å². The SMILES string of the molecule is CCNC(=O)c1c2c(cn(-c3ccc(F)cc3)c1=O)CN(C(=O)c1cocn1)CC2. The zero-order valence-corrected chi connectivity index (χ0v) is 16.2. The molecule has 2 aromatic heterocycles. The minimum Gasteiger partial charge on any atom is -0.451 e. The number of nitrogens with zero attached hydrogens (tertiary/aromatic N) is 3. The summed E-state index contributed by atoms with van der Waals surface area (Å²) in [6.07, 6.45) is 4.42. The fourth-order valence-electron chi connectivity index (χ4n) is 3.59. The third-order valence-corrected chi connectivity index (χ3v) is 5.01. The molecule has 1 aliphatic heterocycles. The van der Waals surface area contributed by atoms with E-state index in [0.29, 0.717) is 36.3 Å². The number of fused-ring (bicyclic) bond motifs is 1. The van der Waals surface area contributed by atoms with Gasteiger partial charge in [0.15, 0.2) is 12.1 Å². The van der Waals surface area contributed by atoms with Crippen molar-refractivity contribution in [1.82, 2.24) is 19.8 Å². The van der Waals surface area contributed by atoms with E-state index in [9.17, 15) is 18.8 Å². The van der Waals surface area contributed by atoms with Crippen LogP contribution in [0.2, 0.25) is 0 Å². The van der Waals surface area contributed by atoms with Gasteiger partial charge in [0.05, 0.1) is 0 Å². The maximum absolute atomic E-state index is 13.3. The summed E-state index contributed by atoms with van der Waals surface area (Å²) in [5.74, 6) is -1.20. The molecule has 0 radical (unpaired) electrons.